The molecule has 0 aliphatic carbocycles. The van der Waals surface area contributed by atoms with Crippen LogP contribution >= 0.6 is 24.0 Å². The standard InChI is InChI=1S/C19H33N5.HI/c1-4-20-19(21-11-10-18-8-6-5-7-9-18)22-16-17(2)24-14-12-23(3)13-15-24;/h5-9,17H,4,10-16H2,1-3H3,(H2,20,21,22);1H. The number of likely N-dealkylation sites (N-methyl/N-ethyl adjacent to an activating group) is 1. The summed E-state index contributed by atoms with van der Waals surface area (Å²) in [7, 11) is 2.19. The van der Waals surface area contributed by atoms with E-state index in [1.54, 1.807) is 0 Å². The Labute approximate surface area is 170 Å². The van der Waals surface area contributed by atoms with Gasteiger partial charge in [-0.25, -0.2) is 0 Å². The van der Waals surface area contributed by atoms with Gasteiger partial charge in [-0.3, -0.25) is 9.89 Å². The summed E-state index contributed by atoms with van der Waals surface area (Å²) in [6, 6.07) is 11.1. The predicted octanol–water partition coefficient (Wildman–Crippen LogP) is 2.04. The average molecular weight is 459 g/mol. The van der Waals surface area contributed by atoms with Crippen molar-refractivity contribution in [2.24, 2.45) is 4.99 Å². The van der Waals surface area contributed by atoms with Crippen molar-refractivity contribution in [2.45, 2.75) is 26.3 Å². The summed E-state index contributed by atoms with van der Waals surface area (Å²) in [6.45, 7) is 11.6. The molecule has 5 nitrogen and oxygen atoms in total. The highest BCUT2D eigenvalue weighted by atomic mass is 127. The first-order valence-corrected chi connectivity index (χ1v) is 9.17. The van der Waals surface area contributed by atoms with Crippen LogP contribution in [0.2, 0.25) is 0 Å². The first-order chi connectivity index (χ1) is 11.7. The van der Waals surface area contributed by atoms with E-state index in [-0.39, 0.29) is 24.0 Å². The quantitative estimate of drug-likeness (QED) is 0.372. The van der Waals surface area contributed by atoms with Gasteiger partial charge in [-0.15, -0.1) is 24.0 Å². The second-order valence-electron chi connectivity index (χ2n) is 6.57. The molecule has 1 aliphatic heterocycles. The third kappa shape index (κ3) is 8.37. The Morgan fingerprint density at radius 1 is 1.12 bits per heavy atom. The lowest BCUT2D eigenvalue weighted by Crippen LogP contribution is -2.49. The van der Waals surface area contributed by atoms with Crippen molar-refractivity contribution in [1.82, 2.24) is 20.4 Å². The van der Waals surface area contributed by atoms with Gasteiger partial charge in [0.25, 0.3) is 0 Å². The summed E-state index contributed by atoms with van der Waals surface area (Å²) in [5.74, 6) is 0.925. The number of benzene rings is 1. The Kier molecular flexibility index (Phi) is 11.1. The fourth-order valence-electron chi connectivity index (χ4n) is 2.91. The Balaban J connectivity index is 0.00000312. The zero-order valence-electron chi connectivity index (χ0n) is 15.9. The zero-order chi connectivity index (χ0) is 17.2. The maximum absolute atomic E-state index is 4.78. The topological polar surface area (TPSA) is 42.9 Å². The molecular formula is C19H34IN5. The smallest absolute Gasteiger partial charge is 0.191 e. The largest absolute Gasteiger partial charge is 0.357 e. The van der Waals surface area contributed by atoms with E-state index in [9.17, 15) is 0 Å². The van der Waals surface area contributed by atoms with Crippen LogP contribution in [0.25, 0.3) is 0 Å². The van der Waals surface area contributed by atoms with Gasteiger partial charge >= 0.3 is 0 Å². The number of aliphatic imine (C=N–C) groups is 1. The van der Waals surface area contributed by atoms with E-state index in [0.717, 1.165) is 58.2 Å². The molecule has 1 aromatic carbocycles. The van der Waals surface area contributed by atoms with Crippen molar-refractivity contribution in [1.29, 1.82) is 0 Å². The Hall–Kier alpha value is -0.860. The SMILES string of the molecule is CCNC(=NCC(C)N1CCN(C)CC1)NCCc1ccccc1.I. The molecule has 0 amide bonds. The predicted molar refractivity (Wildman–Crippen MR) is 118 cm³/mol. The maximum Gasteiger partial charge on any atom is 0.191 e. The van der Waals surface area contributed by atoms with Gasteiger partial charge in [0.15, 0.2) is 5.96 Å². The number of guanidine groups is 1. The highest BCUT2D eigenvalue weighted by Crippen LogP contribution is 2.05. The Morgan fingerprint density at radius 3 is 2.44 bits per heavy atom. The van der Waals surface area contributed by atoms with Crippen molar-refractivity contribution in [3.05, 3.63) is 35.9 Å². The van der Waals surface area contributed by atoms with Crippen LogP contribution in [0.1, 0.15) is 19.4 Å². The maximum atomic E-state index is 4.78. The van der Waals surface area contributed by atoms with Gasteiger partial charge in [0.2, 0.25) is 0 Å². The first kappa shape index (κ1) is 22.2. The number of piperazine rings is 1. The lowest BCUT2D eigenvalue weighted by atomic mass is 10.1. The van der Waals surface area contributed by atoms with E-state index >= 15 is 0 Å². The minimum Gasteiger partial charge on any atom is -0.357 e. The molecule has 1 saturated heterocycles. The first-order valence-electron chi connectivity index (χ1n) is 9.17. The summed E-state index contributed by atoms with van der Waals surface area (Å²) in [5, 5.41) is 6.79. The van der Waals surface area contributed by atoms with E-state index in [4.69, 9.17) is 4.99 Å². The highest BCUT2D eigenvalue weighted by molar-refractivity contribution is 14.0. The van der Waals surface area contributed by atoms with E-state index in [1.807, 2.05) is 0 Å². The van der Waals surface area contributed by atoms with Crippen molar-refractivity contribution in [2.75, 3.05) is 52.9 Å². The van der Waals surface area contributed by atoms with Gasteiger partial charge in [-0.1, -0.05) is 30.3 Å². The van der Waals surface area contributed by atoms with Crippen LogP contribution in [0.15, 0.2) is 35.3 Å². The summed E-state index contributed by atoms with van der Waals surface area (Å²) >= 11 is 0. The molecular weight excluding hydrogens is 425 g/mol. The number of nitrogens with one attached hydrogen (secondary N) is 2. The Bertz CT molecular complexity index is 486. The third-order valence-corrected chi connectivity index (χ3v) is 4.57. The summed E-state index contributed by atoms with van der Waals surface area (Å²) < 4.78 is 0. The fraction of sp³-hybridized carbons (Fsp3) is 0.632. The monoisotopic (exact) mass is 459 g/mol. The summed E-state index contributed by atoms with van der Waals surface area (Å²) in [5.41, 5.74) is 1.35. The molecule has 6 heteroatoms. The molecule has 1 atom stereocenters. The second kappa shape index (κ2) is 12.5. The molecule has 0 aromatic heterocycles. The second-order valence-corrected chi connectivity index (χ2v) is 6.57. The lowest BCUT2D eigenvalue weighted by molar-refractivity contribution is 0.122. The molecule has 0 radical (unpaired) electrons. The van der Waals surface area contributed by atoms with Gasteiger partial charge in [0.1, 0.15) is 0 Å². The molecule has 2 N–H and O–H groups in total. The number of hydrogen-bond donors (Lipinski definition) is 2. The summed E-state index contributed by atoms with van der Waals surface area (Å²) in [6.07, 6.45) is 1.01. The molecule has 1 unspecified atom stereocenters. The molecule has 1 aliphatic rings. The molecule has 0 saturated carbocycles. The van der Waals surface area contributed by atoms with Crippen LogP contribution in [0.4, 0.5) is 0 Å². The van der Waals surface area contributed by atoms with Crippen molar-refractivity contribution in [3.8, 4) is 0 Å². The van der Waals surface area contributed by atoms with Gasteiger partial charge < -0.3 is 15.5 Å². The number of hydrogen-bond acceptors (Lipinski definition) is 3. The van der Waals surface area contributed by atoms with Gasteiger partial charge in [0, 0.05) is 45.3 Å². The normalized spacial score (nSPS) is 17.6. The number of rotatable bonds is 7. The minimum absolute atomic E-state index is 0. The molecule has 142 valence electrons. The zero-order valence-corrected chi connectivity index (χ0v) is 18.2. The fourth-order valence-corrected chi connectivity index (χ4v) is 2.91. The highest BCUT2D eigenvalue weighted by Gasteiger charge is 2.18. The van der Waals surface area contributed by atoms with Crippen molar-refractivity contribution in [3.63, 3.8) is 0 Å². The van der Waals surface area contributed by atoms with Crippen molar-refractivity contribution < 1.29 is 0 Å². The molecule has 1 fully saturated rings. The lowest BCUT2D eigenvalue weighted by Gasteiger charge is -2.35. The Morgan fingerprint density at radius 2 is 1.80 bits per heavy atom. The number of halogens is 1. The minimum atomic E-state index is 0. The van der Waals surface area contributed by atoms with Gasteiger partial charge in [0.05, 0.1) is 6.54 Å². The molecule has 1 aromatic rings. The molecule has 2 rings (SSSR count). The van der Waals surface area contributed by atoms with Gasteiger partial charge in [-0.2, -0.15) is 0 Å². The van der Waals surface area contributed by atoms with Crippen LogP contribution in [-0.2, 0) is 6.42 Å². The number of nitrogens with zero attached hydrogens (tertiary/aromatic N) is 3. The van der Waals surface area contributed by atoms with Gasteiger partial charge in [-0.05, 0) is 32.9 Å². The molecule has 1 heterocycles. The average Bonchev–Trinajstić information content (AvgIpc) is 2.61. The van der Waals surface area contributed by atoms with Crippen LogP contribution in [-0.4, -0.2) is 74.7 Å². The van der Waals surface area contributed by atoms with Crippen LogP contribution < -0.4 is 10.6 Å². The van der Waals surface area contributed by atoms with Crippen molar-refractivity contribution >= 4 is 29.9 Å². The van der Waals surface area contributed by atoms with E-state index in [1.165, 1.54) is 5.56 Å². The third-order valence-electron chi connectivity index (χ3n) is 4.57. The van der Waals surface area contributed by atoms with E-state index < -0.39 is 0 Å². The summed E-state index contributed by atoms with van der Waals surface area (Å²) in [4.78, 5) is 9.71. The van der Waals surface area contributed by atoms with Crippen LogP contribution in [0.3, 0.4) is 0 Å². The van der Waals surface area contributed by atoms with Crippen LogP contribution in [0, 0.1) is 0 Å². The van der Waals surface area contributed by atoms with E-state index in [0.29, 0.717) is 6.04 Å². The van der Waals surface area contributed by atoms with Crippen LogP contribution in [0.5, 0.6) is 0 Å². The molecule has 0 bridgehead atoms. The molecule has 0 spiro atoms. The molecule has 25 heavy (non-hydrogen) atoms. The van der Waals surface area contributed by atoms with E-state index in [2.05, 4.69) is 71.7 Å².